The summed E-state index contributed by atoms with van der Waals surface area (Å²) in [5, 5.41) is 0. The van der Waals surface area contributed by atoms with Gasteiger partial charge in [-0.25, -0.2) is 17.6 Å². The van der Waals surface area contributed by atoms with E-state index in [-0.39, 0.29) is 63.6 Å². The Hall–Kier alpha value is -2.34. The van der Waals surface area contributed by atoms with E-state index < -0.39 is 36.9 Å². The van der Waals surface area contributed by atoms with E-state index in [4.69, 9.17) is 15.9 Å². The smallest absolute Gasteiger partial charge is 0.870 e. The third-order valence-electron chi connectivity index (χ3n) is 3.85. The van der Waals surface area contributed by atoms with Gasteiger partial charge < -0.3 is 24.4 Å². The minimum absolute atomic E-state index is 0. The fourth-order valence-corrected chi connectivity index (χ4v) is 2.76. The number of hydrogen-bond acceptors (Lipinski definition) is 5. The van der Waals surface area contributed by atoms with E-state index in [1.54, 1.807) is 0 Å². The van der Waals surface area contributed by atoms with Crippen LogP contribution in [0.1, 0.15) is 11.1 Å². The molecule has 0 fully saturated rings. The molecule has 0 radical (unpaired) electrons. The van der Waals surface area contributed by atoms with E-state index in [0.29, 0.717) is 0 Å². The minimum Gasteiger partial charge on any atom is -0.870 e. The molecule has 0 spiro atoms. The normalized spacial score (nSPS) is 9.47. The van der Waals surface area contributed by atoms with Crippen molar-refractivity contribution in [3.8, 4) is 46.8 Å². The molecule has 11 heteroatoms. The maximum Gasteiger partial charge on any atom is 1.00 e. The second-order valence-electron chi connectivity index (χ2n) is 7.21. The summed E-state index contributed by atoms with van der Waals surface area (Å²) in [5.74, 6) is 0.668. The van der Waals surface area contributed by atoms with Crippen molar-refractivity contribution in [3.05, 3.63) is 46.5 Å². The number of terminal acetylenes is 1. The third kappa shape index (κ3) is 8.46. The number of rotatable bonds is 4. The number of hydrogen-bond donors (Lipinski definition) is 0. The van der Waals surface area contributed by atoms with Crippen molar-refractivity contribution in [3.63, 3.8) is 0 Å². The van der Waals surface area contributed by atoms with Gasteiger partial charge >= 0.3 is 29.6 Å². The summed E-state index contributed by atoms with van der Waals surface area (Å²) in [6.45, 7) is 5.98. The minimum atomic E-state index is -1.72. The Labute approximate surface area is 220 Å². The molecule has 0 aliphatic rings. The van der Waals surface area contributed by atoms with E-state index in [2.05, 4.69) is 20.9 Å². The average Bonchev–Trinajstić information content (AvgIpc) is 2.74. The molecule has 34 heavy (non-hydrogen) atoms. The molecule has 0 saturated heterocycles. The molecule has 0 heterocycles. The fourth-order valence-electron chi connectivity index (χ4n) is 2.26. The van der Waals surface area contributed by atoms with Crippen molar-refractivity contribution < 1.29 is 71.5 Å². The zero-order chi connectivity index (χ0) is 24.6. The maximum atomic E-state index is 13.9. The Morgan fingerprint density at radius 3 is 1.21 bits per heavy atom. The second-order valence-corrected chi connectivity index (χ2v) is 12.0. The standard InChI is InChI=1S/C13H16F2O2Si.C10H8F2O2.Na.H2O/c1-16-10-8-11(17-2)13(15)9(12(10)14)6-7-18(3,4)5;1-4-6-9(11)7(13-2)5-8(14-3)10(6)12;;/h8H,1-5H3;1,5H,2-3H3;;1H2/q;;+1;/p-1. The first-order valence-corrected chi connectivity index (χ1v) is 12.6. The average molecular weight is 509 g/mol. The quantitative estimate of drug-likeness (QED) is 0.359. The predicted octanol–water partition coefficient (Wildman–Crippen LogP) is 2.00. The molecular formula is C23H25F4NaO5Si. The molecule has 0 bridgehead atoms. The Kier molecular flexibility index (Phi) is 14.7. The van der Waals surface area contributed by atoms with Gasteiger partial charge in [0, 0.05) is 12.1 Å². The van der Waals surface area contributed by atoms with Crippen LogP contribution < -0.4 is 48.5 Å². The van der Waals surface area contributed by atoms with Gasteiger partial charge in [0.25, 0.3) is 0 Å². The summed E-state index contributed by atoms with van der Waals surface area (Å²) in [6.07, 6.45) is 4.96. The van der Waals surface area contributed by atoms with Crippen LogP contribution >= 0.6 is 0 Å². The topological polar surface area (TPSA) is 66.9 Å². The summed E-state index contributed by atoms with van der Waals surface area (Å²) in [5.41, 5.74) is 2.14. The zero-order valence-electron chi connectivity index (χ0n) is 20.3. The molecular weight excluding hydrogens is 483 g/mol. The predicted molar refractivity (Wildman–Crippen MR) is 119 cm³/mol. The number of ether oxygens (including phenoxy) is 4. The van der Waals surface area contributed by atoms with E-state index in [9.17, 15) is 17.6 Å². The van der Waals surface area contributed by atoms with Crippen LogP contribution in [0.2, 0.25) is 19.6 Å². The first-order chi connectivity index (χ1) is 14.9. The summed E-state index contributed by atoms with van der Waals surface area (Å²) >= 11 is 0. The molecule has 0 atom stereocenters. The second kappa shape index (κ2) is 14.8. The summed E-state index contributed by atoms with van der Waals surface area (Å²) in [4.78, 5) is 0. The van der Waals surface area contributed by atoms with E-state index in [0.717, 1.165) is 6.07 Å². The molecule has 5 nitrogen and oxygen atoms in total. The van der Waals surface area contributed by atoms with Crippen molar-refractivity contribution in [2.75, 3.05) is 28.4 Å². The molecule has 0 unspecified atom stereocenters. The van der Waals surface area contributed by atoms with Gasteiger partial charge in [-0.15, -0.1) is 12.0 Å². The van der Waals surface area contributed by atoms with Crippen molar-refractivity contribution in [1.29, 1.82) is 0 Å². The first-order valence-electron chi connectivity index (χ1n) is 9.15. The van der Waals surface area contributed by atoms with Gasteiger partial charge in [0.05, 0.1) is 28.4 Å². The Bertz CT molecular complexity index is 1030. The van der Waals surface area contributed by atoms with Gasteiger partial charge in [0.2, 0.25) is 0 Å². The Balaban J connectivity index is 0. The van der Waals surface area contributed by atoms with E-state index in [1.807, 2.05) is 25.6 Å². The molecule has 0 aliphatic carbocycles. The molecule has 1 N–H and O–H groups in total. The molecule has 180 valence electrons. The van der Waals surface area contributed by atoms with Gasteiger partial charge in [-0.2, -0.15) is 0 Å². The largest absolute Gasteiger partial charge is 1.00 e. The molecule has 2 aromatic rings. The number of methoxy groups -OCH3 is 4. The maximum absolute atomic E-state index is 13.9. The van der Waals surface area contributed by atoms with E-state index >= 15 is 0 Å². The molecule has 0 aliphatic heterocycles. The molecule has 2 rings (SSSR count). The summed E-state index contributed by atoms with van der Waals surface area (Å²) in [7, 11) is 3.42. The number of halogens is 4. The van der Waals surface area contributed by atoms with Crippen LogP contribution in [0.15, 0.2) is 12.1 Å². The Morgan fingerprint density at radius 2 is 0.971 bits per heavy atom. The Morgan fingerprint density at radius 1 is 0.676 bits per heavy atom. The molecule has 0 amide bonds. The van der Waals surface area contributed by atoms with Crippen LogP contribution in [0.4, 0.5) is 17.6 Å². The molecule has 0 saturated carbocycles. The van der Waals surface area contributed by atoms with Crippen LogP contribution in [-0.2, 0) is 0 Å². The SMILES string of the molecule is C#Cc1c(F)c(OC)cc(OC)c1F.COc1cc(OC)c(F)c(C#C[Si](C)(C)C)c1F.[Na+].[OH-]. The monoisotopic (exact) mass is 508 g/mol. The first kappa shape index (κ1) is 33.8. The van der Waals surface area contributed by atoms with Crippen LogP contribution in [0.25, 0.3) is 0 Å². The van der Waals surface area contributed by atoms with Gasteiger partial charge in [0.1, 0.15) is 19.2 Å². The van der Waals surface area contributed by atoms with Crippen molar-refractivity contribution in [2.45, 2.75) is 19.6 Å². The zero-order valence-corrected chi connectivity index (χ0v) is 23.3. The van der Waals surface area contributed by atoms with Gasteiger partial charge in [-0.3, -0.25) is 0 Å². The van der Waals surface area contributed by atoms with Crippen LogP contribution in [-0.4, -0.2) is 42.0 Å². The van der Waals surface area contributed by atoms with Gasteiger partial charge in [-0.1, -0.05) is 31.5 Å². The number of benzene rings is 2. The van der Waals surface area contributed by atoms with Crippen LogP contribution in [0, 0.1) is 47.1 Å². The summed E-state index contributed by atoms with van der Waals surface area (Å²) < 4.78 is 73.4. The fraction of sp³-hybridized carbons (Fsp3) is 0.304. The van der Waals surface area contributed by atoms with Crippen molar-refractivity contribution >= 4 is 8.07 Å². The molecule has 2 aromatic carbocycles. The van der Waals surface area contributed by atoms with Crippen LogP contribution in [0.3, 0.4) is 0 Å². The van der Waals surface area contributed by atoms with Gasteiger partial charge in [0.15, 0.2) is 46.3 Å². The third-order valence-corrected chi connectivity index (χ3v) is 4.73. The van der Waals surface area contributed by atoms with Crippen molar-refractivity contribution in [1.82, 2.24) is 0 Å². The van der Waals surface area contributed by atoms with Crippen LogP contribution in [0.5, 0.6) is 23.0 Å². The summed E-state index contributed by atoms with van der Waals surface area (Å²) in [6, 6.07) is 2.27. The molecule has 0 aromatic heterocycles. The van der Waals surface area contributed by atoms with E-state index in [1.165, 1.54) is 34.5 Å². The van der Waals surface area contributed by atoms with Crippen molar-refractivity contribution in [2.24, 2.45) is 0 Å². The van der Waals surface area contributed by atoms with Gasteiger partial charge in [-0.05, 0) is 0 Å².